The third-order valence-electron chi connectivity index (χ3n) is 3.06. The maximum absolute atomic E-state index is 12.3. The highest BCUT2D eigenvalue weighted by molar-refractivity contribution is 7.90. The first kappa shape index (κ1) is 16.1. The topological polar surface area (TPSA) is 94.6 Å². The van der Waals surface area contributed by atoms with Crippen LogP contribution in [0, 0.1) is 17.0 Å². The Bertz CT molecular complexity index is 923. The molecule has 0 aliphatic carbocycles. The molecule has 0 amide bonds. The Morgan fingerprint density at radius 3 is 2.68 bits per heavy atom. The monoisotopic (exact) mass is 339 g/mol. The van der Waals surface area contributed by atoms with Gasteiger partial charge >= 0.3 is 0 Å². The third kappa shape index (κ3) is 3.00. The van der Waals surface area contributed by atoms with E-state index in [1.807, 2.05) is 6.92 Å². The molecule has 2 rings (SSSR count). The molecule has 0 fully saturated rings. The molecule has 0 unspecified atom stereocenters. The number of nitro benzene ring substituents is 1. The number of aromatic nitrogens is 1. The van der Waals surface area contributed by atoms with Gasteiger partial charge in [0.2, 0.25) is 4.80 Å². The standard InChI is InChI=1S/C13H13N3O4S2/c1-4-12-9(2)15(3)13(21-12)14-22(19,20)11-7-5-6-10(8-11)16(17)18/h4-8H,1H2,2-3H3/b14-13-. The highest BCUT2D eigenvalue weighted by Gasteiger charge is 2.17. The van der Waals surface area contributed by atoms with Crippen molar-refractivity contribution in [2.45, 2.75) is 11.8 Å². The fourth-order valence-corrected chi connectivity index (χ4v) is 3.97. The molecular formula is C13H13N3O4S2. The number of nitro groups is 1. The fraction of sp³-hybridized carbons (Fsp3) is 0.154. The molecule has 2 aromatic rings. The zero-order valence-corrected chi connectivity index (χ0v) is 13.5. The van der Waals surface area contributed by atoms with Crippen molar-refractivity contribution in [3.05, 3.63) is 56.3 Å². The molecule has 0 radical (unpaired) electrons. The zero-order chi connectivity index (χ0) is 16.5. The molecule has 0 saturated carbocycles. The molecule has 1 heterocycles. The molecule has 1 aromatic heterocycles. The van der Waals surface area contributed by atoms with Crippen LogP contribution >= 0.6 is 11.3 Å². The van der Waals surface area contributed by atoms with Crippen LogP contribution in [0.15, 0.2) is 40.1 Å². The van der Waals surface area contributed by atoms with Gasteiger partial charge in [0.15, 0.2) is 0 Å². The molecule has 22 heavy (non-hydrogen) atoms. The zero-order valence-electron chi connectivity index (χ0n) is 11.9. The van der Waals surface area contributed by atoms with Crippen molar-refractivity contribution in [3.63, 3.8) is 0 Å². The van der Waals surface area contributed by atoms with Gasteiger partial charge in [-0.1, -0.05) is 30.1 Å². The minimum absolute atomic E-state index is 0.215. The molecular weight excluding hydrogens is 326 g/mol. The first-order valence-corrected chi connectivity index (χ1v) is 8.36. The fourth-order valence-electron chi connectivity index (χ4n) is 1.73. The van der Waals surface area contributed by atoms with Gasteiger partial charge in [-0.2, -0.15) is 8.42 Å². The van der Waals surface area contributed by atoms with Gasteiger partial charge in [0.1, 0.15) is 0 Å². The van der Waals surface area contributed by atoms with Gasteiger partial charge in [0.05, 0.1) is 9.82 Å². The molecule has 0 bridgehead atoms. The van der Waals surface area contributed by atoms with E-state index in [0.717, 1.165) is 16.6 Å². The normalized spacial score (nSPS) is 12.4. The summed E-state index contributed by atoms with van der Waals surface area (Å²) < 4.78 is 30.0. The average molecular weight is 339 g/mol. The predicted octanol–water partition coefficient (Wildman–Crippen LogP) is 2.24. The van der Waals surface area contributed by atoms with Crippen LogP contribution < -0.4 is 4.80 Å². The summed E-state index contributed by atoms with van der Waals surface area (Å²) in [5.74, 6) is 0. The number of thiazole rings is 1. The lowest BCUT2D eigenvalue weighted by Gasteiger charge is -1.99. The highest BCUT2D eigenvalue weighted by Crippen LogP contribution is 2.19. The Hall–Kier alpha value is -2.26. The van der Waals surface area contributed by atoms with E-state index in [4.69, 9.17) is 0 Å². The van der Waals surface area contributed by atoms with Crippen LogP contribution in [-0.2, 0) is 17.1 Å². The van der Waals surface area contributed by atoms with Crippen molar-refractivity contribution in [1.29, 1.82) is 0 Å². The highest BCUT2D eigenvalue weighted by atomic mass is 32.2. The molecule has 0 N–H and O–H groups in total. The average Bonchev–Trinajstić information content (AvgIpc) is 2.74. The largest absolute Gasteiger partial charge is 0.323 e. The van der Waals surface area contributed by atoms with Gasteiger partial charge in [-0.25, -0.2) is 0 Å². The van der Waals surface area contributed by atoms with Crippen LogP contribution in [0.1, 0.15) is 10.6 Å². The number of nitrogens with zero attached hydrogens (tertiary/aromatic N) is 3. The molecule has 0 spiro atoms. The van der Waals surface area contributed by atoms with Crippen molar-refractivity contribution >= 4 is 33.1 Å². The maximum atomic E-state index is 12.3. The van der Waals surface area contributed by atoms with Gasteiger partial charge in [-0.15, -0.1) is 4.40 Å². The number of sulfonamides is 1. The first-order chi connectivity index (χ1) is 10.3. The van der Waals surface area contributed by atoms with E-state index in [2.05, 4.69) is 11.0 Å². The maximum Gasteiger partial charge on any atom is 0.285 e. The van der Waals surface area contributed by atoms with E-state index in [-0.39, 0.29) is 15.4 Å². The second-order valence-corrected chi connectivity index (χ2v) is 7.03. The van der Waals surface area contributed by atoms with E-state index in [1.165, 1.54) is 29.5 Å². The number of hydrogen-bond donors (Lipinski definition) is 0. The molecule has 116 valence electrons. The second-order valence-electron chi connectivity index (χ2n) is 4.42. The van der Waals surface area contributed by atoms with Crippen LogP contribution in [-0.4, -0.2) is 17.9 Å². The summed E-state index contributed by atoms with van der Waals surface area (Å²) in [5.41, 5.74) is 0.544. The molecule has 0 atom stereocenters. The number of hydrogen-bond acceptors (Lipinski definition) is 5. The van der Waals surface area contributed by atoms with E-state index in [9.17, 15) is 18.5 Å². The number of non-ortho nitro benzene ring substituents is 1. The van der Waals surface area contributed by atoms with Crippen LogP contribution in [0.4, 0.5) is 5.69 Å². The lowest BCUT2D eigenvalue weighted by molar-refractivity contribution is -0.385. The van der Waals surface area contributed by atoms with Gasteiger partial charge in [0.25, 0.3) is 15.7 Å². The smallest absolute Gasteiger partial charge is 0.285 e. The molecule has 9 heteroatoms. The molecule has 1 aromatic carbocycles. The van der Waals surface area contributed by atoms with E-state index in [1.54, 1.807) is 17.7 Å². The summed E-state index contributed by atoms with van der Waals surface area (Å²) in [6.45, 7) is 5.49. The van der Waals surface area contributed by atoms with Crippen LogP contribution in [0.5, 0.6) is 0 Å². The minimum Gasteiger partial charge on any atom is -0.323 e. The van der Waals surface area contributed by atoms with Crippen LogP contribution in [0.2, 0.25) is 0 Å². The molecule has 0 saturated heterocycles. The van der Waals surface area contributed by atoms with E-state index in [0.29, 0.717) is 0 Å². The van der Waals surface area contributed by atoms with Crippen molar-refractivity contribution in [2.24, 2.45) is 11.4 Å². The Labute approximate surface area is 131 Å². The summed E-state index contributed by atoms with van der Waals surface area (Å²) in [5, 5.41) is 10.7. The Morgan fingerprint density at radius 1 is 1.45 bits per heavy atom. The minimum atomic E-state index is -4.03. The second kappa shape index (κ2) is 5.85. The predicted molar refractivity (Wildman–Crippen MR) is 84.0 cm³/mol. The van der Waals surface area contributed by atoms with Crippen molar-refractivity contribution in [3.8, 4) is 0 Å². The van der Waals surface area contributed by atoms with E-state index < -0.39 is 14.9 Å². The molecule has 0 aliphatic rings. The van der Waals surface area contributed by atoms with Crippen LogP contribution in [0.3, 0.4) is 0 Å². The Balaban J connectivity index is 2.61. The number of rotatable bonds is 4. The summed E-state index contributed by atoms with van der Waals surface area (Å²) in [4.78, 5) is 11.0. The summed E-state index contributed by atoms with van der Waals surface area (Å²) in [7, 11) is -2.33. The Kier molecular flexibility index (Phi) is 4.29. The molecule has 7 nitrogen and oxygen atoms in total. The van der Waals surface area contributed by atoms with Gasteiger partial charge < -0.3 is 4.57 Å². The lowest BCUT2D eigenvalue weighted by Crippen LogP contribution is -2.14. The van der Waals surface area contributed by atoms with Crippen molar-refractivity contribution < 1.29 is 13.3 Å². The SMILES string of the molecule is C=Cc1s/c(=N\S(=O)(=O)c2cccc([N+](=O)[O-])c2)n(C)c1C. The summed E-state index contributed by atoms with van der Waals surface area (Å²) >= 11 is 1.18. The number of benzene rings is 1. The third-order valence-corrected chi connectivity index (χ3v) is 5.67. The summed E-state index contributed by atoms with van der Waals surface area (Å²) in [6, 6.07) is 4.81. The van der Waals surface area contributed by atoms with Crippen LogP contribution in [0.25, 0.3) is 6.08 Å². The quantitative estimate of drug-likeness (QED) is 0.630. The van der Waals surface area contributed by atoms with E-state index >= 15 is 0 Å². The van der Waals surface area contributed by atoms with Gasteiger partial charge in [-0.05, 0) is 13.0 Å². The van der Waals surface area contributed by atoms with Crippen molar-refractivity contribution in [1.82, 2.24) is 4.57 Å². The molecule has 0 aliphatic heterocycles. The lowest BCUT2D eigenvalue weighted by atomic mass is 10.3. The van der Waals surface area contributed by atoms with Gasteiger partial charge in [0, 0.05) is 29.8 Å². The van der Waals surface area contributed by atoms with Crippen molar-refractivity contribution in [2.75, 3.05) is 0 Å². The first-order valence-electron chi connectivity index (χ1n) is 6.10. The van der Waals surface area contributed by atoms with Gasteiger partial charge in [-0.3, -0.25) is 10.1 Å². The Morgan fingerprint density at radius 2 is 2.14 bits per heavy atom. The summed E-state index contributed by atoms with van der Waals surface area (Å²) in [6.07, 6.45) is 1.62.